The number of hydrogen-bond donors (Lipinski definition) is 0. The van der Waals surface area contributed by atoms with Crippen LogP contribution < -0.4 is 15.9 Å². The van der Waals surface area contributed by atoms with Crippen LogP contribution in [0.1, 0.15) is 22.3 Å². The minimum Gasteiger partial charge on any atom is -0.456 e. The van der Waals surface area contributed by atoms with E-state index >= 15 is 4.57 Å². The number of hydrogen-bond acceptors (Lipinski definition) is 4. The fourth-order valence-electron chi connectivity index (χ4n) is 10.9. The van der Waals surface area contributed by atoms with Crippen molar-refractivity contribution >= 4 is 101 Å². The van der Waals surface area contributed by atoms with Gasteiger partial charge in [0.15, 0.2) is 7.14 Å². The molecule has 4 nitrogen and oxygen atoms in total. The van der Waals surface area contributed by atoms with Crippen LogP contribution in [0.2, 0.25) is 0 Å². The lowest BCUT2D eigenvalue weighted by molar-refractivity contribution is 0.589. The van der Waals surface area contributed by atoms with E-state index < -0.39 is 12.6 Å². The first-order valence-electron chi connectivity index (χ1n) is 20.6. The van der Waals surface area contributed by atoms with Gasteiger partial charge in [0.2, 0.25) is 0 Å². The zero-order valence-corrected chi connectivity index (χ0v) is 34.2. The quantitative estimate of drug-likeness (QED) is 0.163. The molecule has 2 aliphatic rings. The SMILES string of the molecule is O=P1(c2ccccc2)c2ccccc2C2(c3ccccc3Sc3cc(-n4c5ccccc5c5c6c(ccc54)oc4ccccc46)ccc32)c2cc3c(cc21)oc1ccccc13. The maximum atomic E-state index is 16.5. The van der Waals surface area contributed by atoms with Crippen LogP contribution in [-0.4, -0.2) is 4.57 Å². The Morgan fingerprint density at radius 2 is 1.10 bits per heavy atom. The normalized spacial score (nSPS) is 18.0. The number of fused-ring (bicyclic) bond motifs is 18. The van der Waals surface area contributed by atoms with E-state index in [1.54, 1.807) is 0 Å². The van der Waals surface area contributed by atoms with E-state index in [1.807, 2.05) is 66.4 Å². The topological polar surface area (TPSA) is 48.3 Å². The molecule has 9 aromatic carbocycles. The van der Waals surface area contributed by atoms with Crippen molar-refractivity contribution < 1.29 is 13.4 Å². The molecule has 5 heterocycles. The molecule has 14 rings (SSSR count). The van der Waals surface area contributed by atoms with Crippen LogP contribution in [0.25, 0.3) is 71.4 Å². The Labute approximate surface area is 354 Å². The fourth-order valence-corrected chi connectivity index (χ4v) is 15.3. The highest BCUT2D eigenvalue weighted by Crippen LogP contribution is 2.62. The second kappa shape index (κ2) is 12.0. The van der Waals surface area contributed by atoms with Crippen molar-refractivity contribution in [3.05, 3.63) is 216 Å². The Hall–Kier alpha value is -7.04. The maximum Gasteiger partial charge on any atom is 0.171 e. The predicted molar refractivity (Wildman–Crippen MR) is 251 cm³/mol. The molecule has 3 aromatic heterocycles. The largest absolute Gasteiger partial charge is 0.456 e. The van der Waals surface area contributed by atoms with E-state index in [0.29, 0.717) is 0 Å². The van der Waals surface area contributed by atoms with E-state index in [1.165, 1.54) is 26.8 Å². The third-order valence-corrected chi connectivity index (χ3v) is 17.6. The highest BCUT2D eigenvalue weighted by atomic mass is 32.2. The highest BCUT2D eigenvalue weighted by molar-refractivity contribution is 7.99. The first-order valence-corrected chi connectivity index (χ1v) is 23.1. The molecule has 0 fully saturated rings. The number of rotatable bonds is 2. The minimum atomic E-state index is -3.42. The van der Waals surface area contributed by atoms with Crippen LogP contribution >= 0.6 is 18.9 Å². The van der Waals surface area contributed by atoms with Gasteiger partial charge in [-0.25, -0.2) is 0 Å². The van der Waals surface area contributed by atoms with Crippen molar-refractivity contribution in [1.29, 1.82) is 0 Å². The van der Waals surface area contributed by atoms with E-state index in [0.717, 1.165) is 92.5 Å². The van der Waals surface area contributed by atoms with Crippen LogP contribution in [-0.2, 0) is 9.98 Å². The first-order chi connectivity index (χ1) is 30.1. The number of nitrogens with zero attached hydrogens (tertiary/aromatic N) is 1. The Balaban J connectivity index is 1.11. The van der Waals surface area contributed by atoms with Crippen LogP contribution in [0.3, 0.4) is 0 Å². The lowest BCUT2D eigenvalue weighted by atomic mass is 9.64. The Morgan fingerprint density at radius 3 is 1.97 bits per heavy atom. The molecule has 2 unspecified atom stereocenters. The summed E-state index contributed by atoms with van der Waals surface area (Å²) >= 11 is 1.82. The average molecular weight is 818 g/mol. The summed E-state index contributed by atoms with van der Waals surface area (Å²) in [6.07, 6.45) is 0. The van der Waals surface area contributed by atoms with Gasteiger partial charge in [0.05, 0.1) is 16.4 Å². The molecule has 0 bridgehead atoms. The minimum absolute atomic E-state index is 0.741. The standard InChI is InChI=1S/C55H32NO3PS/c57-60(34-14-2-1-3-15-34)49-24-12-7-19-39(49)55(42-31-38-35-16-5-10-22-45(35)59-48(38)32-50(42)60)40-20-8-13-25-51(40)61-52-30-33(26-27-41(52)55)56-43-21-9-4-17-36(43)53-44(56)28-29-47-54(53)37-18-6-11-23-46(37)58-47/h1-32H. The Bertz CT molecular complexity index is 3910. The molecule has 2 aliphatic heterocycles. The van der Waals surface area contributed by atoms with Gasteiger partial charge in [-0.3, -0.25) is 0 Å². The number of furan rings is 2. The van der Waals surface area contributed by atoms with Crippen LogP contribution in [0, 0.1) is 0 Å². The first kappa shape index (κ1) is 33.8. The second-order valence-electron chi connectivity index (χ2n) is 16.2. The second-order valence-corrected chi connectivity index (χ2v) is 20.0. The van der Waals surface area contributed by atoms with Gasteiger partial charge in [-0.15, -0.1) is 0 Å². The molecule has 286 valence electrons. The summed E-state index contributed by atoms with van der Waals surface area (Å²) in [6, 6.07) is 68.4. The molecule has 0 N–H and O–H groups in total. The van der Waals surface area contributed by atoms with Gasteiger partial charge in [-0.2, -0.15) is 0 Å². The molecular weight excluding hydrogens is 786 g/mol. The van der Waals surface area contributed by atoms with E-state index in [-0.39, 0.29) is 0 Å². The maximum absolute atomic E-state index is 16.5. The smallest absolute Gasteiger partial charge is 0.171 e. The van der Waals surface area contributed by atoms with Gasteiger partial charge in [0, 0.05) is 63.7 Å². The summed E-state index contributed by atoms with van der Waals surface area (Å²) in [6.45, 7) is 0. The van der Waals surface area contributed by atoms with Gasteiger partial charge >= 0.3 is 0 Å². The fraction of sp³-hybridized carbons (Fsp3) is 0.0182. The molecule has 2 atom stereocenters. The molecule has 61 heavy (non-hydrogen) atoms. The summed E-state index contributed by atoms with van der Waals surface area (Å²) in [5, 5.41) is 9.19. The summed E-state index contributed by atoms with van der Waals surface area (Å²) in [5.74, 6) is 0. The van der Waals surface area contributed by atoms with Gasteiger partial charge in [-0.1, -0.05) is 145 Å². The lowest BCUT2D eigenvalue weighted by Gasteiger charge is -2.47. The van der Waals surface area contributed by atoms with Gasteiger partial charge in [0.25, 0.3) is 0 Å². The van der Waals surface area contributed by atoms with Crippen LogP contribution in [0.4, 0.5) is 0 Å². The summed E-state index contributed by atoms with van der Waals surface area (Å²) < 4.78 is 31.9. The van der Waals surface area contributed by atoms with Crippen molar-refractivity contribution in [2.75, 3.05) is 0 Å². The summed E-state index contributed by atoms with van der Waals surface area (Å²) in [4.78, 5) is 2.33. The average Bonchev–Trinajstić information content (AvgIpc) is 3.99. The van der Waals surface area contributed by atoms with Crippen molar-refractivity contribution in [2.45, 2.75) is 15.2 Å². The lowest BCUT2D eigenvalue weighted by Crippen LogP contribution is -2.48. The van der Waals surface area contributed by atoms with Crippen molar-refractivity contribution in [1.82, 2.24) is 4.57 Å². The number of benzene rings is 9. The molecule has 0 aliphatic carbocycles. The number of aromatic nitrogens is 1. The predicted octanol–water partition coefficient (Wildman–Crippen LogP) is 13.4. The van der Waals surface area contributed by atoms with Crippen molar-refractivity contribution in [2.24, 2.45) is 0 Å². The zero-order chi connectivity index (χ0) is 40.0. The van der Waals surface area contributed by atoms with E-state index in [9.17, 15) is 0 Å². The Morgan fingerprint density at radius 1 is 0.426 bits per heavy atom. The third kappa shape index (κ3) is 4.25. The highest BCUT2D eigenvalue weighted by Gasteiger charge is 2.54. The van der Waals surface area contributed by atoms with E-state index in [4.69, 9.17) is 8.83 Å². The zero-order valence-electron chi connectivity index (χ0n) is 32.5. The molecule has 0 amide bonds. The van der Waals surface area contributed by atoms with Crippen LogP contribution in [0.5, 0.6) is 0 Å². The van der Waals surface area contributed by atoms with Gasteiger partial charge < -0.3 is 18.0 Å². The third-order valence-electron chi connectivity index (χ3n) is 13.3. The monoisotopic (exact) mass is 817 g/mol. The summed E-state index contributed by atoms with van der Waals surface area (Å²) in [7, 11) is -3.42. The molecule has 0 saturated carbocycles. The summed E-state index contributed by atoms with van der Waals surface area (Å²) in [5.41, 5.74) is 10.3. The van der Waals surface area contributed by atoms with Gasteiger partial charge in [0.1, 0.15) is 22.3 Å². The molecule has 6 heteroatoms. The molecule has 0 saturated heterocycles. The number of para-hydroxylation sites is 3. The van der Waals surface area contributed by atoms with Crippen molar-refractivity contribution in [3.63, 3.8) is 0 Å². The van der Waals surface area contributed by atoms with Crippen molar-refractivity contribution in [3.8, 4) is 5.69 Å². The molecule has 0 radical (unpaired) electrons. The Kier molecular flexibility index (Phi) is 6.66. The molecule has 12 aromatic rings. The molecule has 1 spiro atoms. The molecular formula is C55H32NO3PS. The van der Waals surface area contributed by atoms with Gasteiger partial charge in [-0.05, 0) is 82.9 Å². The van der Waals surface area contributed by atoms with Crippen LogP contribution in [0.15, 0.2) is 213 Å². The van der Waals surface area contributed by atoms with E-state index in [2.05, 4.69) is 144 Å².